The van der Waals surface area contributed by atoms with E-state index in [9.17, 15) is 13.6 Å². The summed E-state index contributed by atoms with van der Waals surface area (Å²) in [5.41, 5.74) is 15.6. The molecule has 10 heteroatoms. The molecule has 1 aromatic carbocycles. The molecule has 0 spiro atoms. The summed E-state index contributed by atoms with van der Waals surface area (Å²) in [6.07, 6.45) is 6.43. The molecule has 0 bridgehead atoms. The van der Waals surface area contributed by atoms with Crippen molar-refractivity contribution in [1.82, 2.24) is 9.97 Å². The van der Waals surface area contributed by atoms with Crippen molar-refractivity contribution in [3.63, 3.8) is 0 Å². The van der Waals surface area contributed by atoms with Gasteiger partial charge < -0.3 is 21.7 Å². The number of amides is 1. The van der Waals surface area contributed by atoms with Gasteiger partial charge in [0.05, 0.1) is 23.1 Å². The highest BCUT2D eigenvalue weighted by molar-refractivity contribution is 7.19. The zero-order chi connectivity index (χ0) is 23.1. The fourth-order valence-electron chi connectivity index (χ4n) is 4.64. The Morgan fingerprint density at radius 1 is 1.21 bits per heavy atom. The molecule has 1 aliphatic carbocycles. The molecule has 3 heterocycles. The number of nitrogens with one attached hydrogen (secondary N) is 1. The maximum Gasteiger partial charge on any atom is 0.277 e. The maximum absolute atomic E-state index is 14.2. The predicted octanol–water partition coefficient (Wildman–Crippen LogP) is 3.73. The molecule has 1 atom stereocenters. The van der Waals surface area contributed by atoms with Crippen LogP contribution in [0.5, 0.6) is 0 Å². The summed E-state index contributed by atoms with van der Waals surface area (Å²) in [6.45, 7) is 1.55. The van der Waals surface area contributed by atoms with Crippen LogP contribution in [0, 0.1) is 11.6 Å². The summed E-state index contributed by atoms with van der Waals surface area (Å²) in [6, 6.07) is 3.62. The maximum atomic E-state index is 14.2. The molecule has 5 rings (SSSR count). The molecular weight excluding hydrogens is 446 g/mol. The number of carbonyl (C=O) groups is 1. The van der Waals surface area contributed by atoms with E-state index in [1.807, 2.05) is 0 Å². The Morgan fingerprint density at radius 2 is 2.00 bits per heavy atom. The Hall–Kier alpha value is -3.11. The summed E-state index contributed by atoms with van der Waals surface area (Å²) in [5, 5.41) is 3.00. The lowest BCUT2D eigenvalue weighted by molar-refractivity contribution is 0.102. The summed E-state index contributed by atoms with van der Waals surface area (Å²) in [5.74, 6) is -2.07. The number of piperidine rings is 1. The molecule has 1 aliphatic heterocycles. The minimum Gasteiger partial charge on any atom is -0.389 e. The monoisotopic (exact) mass is 470 g/mol. The number of rotatable bonds is 4. The zero-order valence-electron chi connectivity index (χ0n) is 17.9. The summed E-state index contributed by atoms with van der Waals surface area (Å²) >= 11 is 0.871. The van der Waals surface area contributed by atoms with E-state index in [1.165, 1.54) is 6.07 Å². The molecule has 33 heavy (non-hydrogen) atoms. The third kappa shape index (κ3) is 4.04. The average Bonchev–Trinajstić information content (AvgIpc) is 3.40. The van der Waals surface area contributed by atoms with Crippen LogP contribution >= 0.6 is 11.3 Å². The van der Waals surface area contributed by atoms with Gasteiger partial charge in [0, 0.05) is 24.8 Å². The number of nitrogens with zero attached hydrogens (tertiary/aromatic N) is 3. The quantitative estimate of drug-likeness (QED) is 0.536. The van der Waals surface area contributed by atoms with Crippen molar-refractivity contribution in [2.45, 2.75) is 38.1 Å². The minimum absolute atomic E-state index is 0.0163. The number of nitrogen functional groups attached to an aromatic ring is 1. The van der Waals surface area contributed by atoms with Crippen LogP contribution in [0.1, 0.15) is 41.0 Å². The molecule has 3 aromatic rings. The van der Waals surface area contributed by atoms with Crippen LogP contribution in [0.4, 0.5) is 25.2 Å². The van der Waals surface area contributed by atoms with Crippen LogP contribution in [-0.4, -0.2) is 35.0 Å². The number of carbonyl (C=O) groups excluding carboxylic acids is 1. The van der Waals surface area contributed by atoms with Gasteiger partial charge in [-0.25, -0.2) is 13.8 Å². The SMILES string of the molecule is Nc1sc(-c2c(F)cccc2F)nc1C(=O)Nc1cnc2c(c1N1CCCC(N)C1)CCC2. The lowest BCUT2D eigenvalue weighted by atomic mass is 10.0. The molecule has 0 radical (unpaired) electrons. The number of nitrogens with two attached hydrogens (primary N) is 2. The number of aromatic nitrogens is 2. The van der Waals surface area contributed by atoms with Crippen LogP contribution in [0.2, 0.25) is 0 Å². The second kappa shape index (κ2) is 8.68. The molecule has 5 N–H and O–H groups in total. The van der Waals surface area contributed by atoms with E-state index in [4.69, 9.17) is 11.5 Å². The largest absolute Gasteiger partial charge is 0.389 e. The summed E-state index contributed by atoms with van der Waals surface area (Å²) in [4.78, 5) is 24.1. The van der Waals surface area contributed by atoms with E-state index in [0.29, 0.717) is 12.2 Å². The first-order chi connectivity index (χ1) is 15.9. The predicted molar refractivity (Wildman–Crippen MR) is 126 cm³/mol. The first-order valence-electron chi connectivity index (χ1n) is 11.0. The molecule has 1 unspecified atom stereocenters. The Bertz CT molecular complexity index is 1210. The van der Waals surface area contributed by atoms with E-state index >= 15 is 0 Å². The highest BCUT2D eigenvalue weighted by atomic mass is 32.1. The molecule has 172 valence electrons. The van der Waals surface area contributed by atoms with Gasteiger partial charge in [-0.15, -0.1) is 0 Å². The van der Waals surface area contributed by atoms with Gasteiger partial charge in [0.25, 0.3) is 5.91 Å². The molecular formula is C23H24F2N6OS. The summed E-state index contributed by atoms with van der Waals surface area (Å²) in [7, 11) is 0. The normalized spacial score (nSPS) is 17.8. The minimum atomic E-state index is -0.762. The Labute approximate surface area is 193 Å². The molecule has 1 amide bonds. The molecule has 2 aliphatic rings. The first-order valence-corrected chi connectivity index (χ1v) is 11.8. The number of pyridine rings is 1. The van der Waals surface area contributed by atoms with Gasteiger partial charge in [0.2, 0.25) is 0 Å². The first kappa shape index (κ1) is 21.7. The lowest BCUT2D eigenvalue weighted by Crippen LogP contribution is -2.43. The third-order valence-electron chi connectivity index (χ3n) is 6.15. The topological polar surface area (TPSA) is 110 Å². The van der Waals surface area contributed by atoms with E-state index in [1.54, 1.807) is 6.20 Å². The zero-order valence-corrected chi connectivity index (χ0v) is 18.7. The van der Waals surface area contributed by atoms with E-state index in [0.717, 1.165) is 79.1 Å². The van der Waals surface area contributed by atoms with E-state index < -0.39 is 17.5 Å². The highest BCUT2D eigenvalue weighted by Crippen LogP contribution is 2.39. The van der Waals surface area contributed by atoms with Gasteiger partial charge in [-0.1, -0.05) is 17.4 Å². The number of fused-ring (bicyclic) bond motifs is 1. The van der Waals surface area contributed by atoms with Crippen LogP contribution in [0.3, 0.4) is 0 Å². The van der Waals surface area contributed by atoms with Crippen LogP contribution in [-0.2, 0) is 12.8 Å². The van der Waals surface area contributed by atoms with Crippen molar-refractivity contribution in [2.75, 3.05) is 29.0 Å². The number of thiazole rings is 1. The highest BCUT2D eigenvalue weighted by Gasteiger charge is 2.28. The fraction of sp³-hybridized carbons (Fsp3) is 0.348. The van der Waals surface area contributed by atoms with Crippen molar-refractivity contribution in [1.29, 1.82) is 0 Å². The number of aryl methyl sites for hydroxylation is 1. The third-order valence-corrected chi connectivity index (χ3v) is 7.05. The molecule has 1 saturated heterocycles. The van der Waals surface area contributed by atoms with Crippen molar-refractivity contribution in [3.8, 4) is 10.6 Å². The molecule has 2 aromatic heterocycles. The van der Waals surface area contributed by atoms with Gasteiger partial charge in [0.1, 0.15) is 21.6 Å². The lowest BCUT2D eigenvalue weighted by Gasteiger charge is -2.35. The van der Waals surface area contributed by atoms with Gasteiger partial charge in [-0.3, -0.25) is 9.78 Å². The standard InChI is InChI=1S/C23H24F2N6OS/c24-14-6-2-7-15(25)18(14)23-30-19(21(27)33-23)22(32)29-17-10-28-16-8-1-5-13(16)20(17)31-9-3-4-12(26)11-31/h2,6-7,10,12H,1,3-5,8-9,11,26-27H2,(H,29,32). The van der Waals surface area contributed by atoms with Crippen LogP contribution in [0.15, 0.2) is 24.4 Å². The Kier molecular flexibility index (Phi) is 5.71. The number of halogens is 2. The fourth-order valence-corrected chi connectivity index (χ4v) is 5.52. The van der Waals surface area contributed by atoms with Crippen molar-refractivity contribution >= 4 is 33.6 Å². The van der Waals surface area contributed by atoms with Crippen molar-refractivity contribution in [3.05, 3.63) is 53.0 Å². The number of hydrogen-bond acceptors (Lipinski definition) is 7. The van der Waals surface area contributed by atoms with Crippen molar-refractivity contribution in [2.24, 2.45) is 5.73 Å². The van der Waals surface area contributed by atoms with Crippen LogP contribution < -0.4 is 21.7 Å². The van der Waals surface area contributed by atoms with Crippen molar-refractivity contribution < 1.29 is 13.6 Å². The van der Waals surface area contributed by atoms with E-state index in [-0.39, 0.29) is 27.3 Å². The van der Waals surface area contributed by atoms with Gasteiger partial charge in [0.15, 0.2) is 5.69 Å². The molecule has 0 saturated carbocycles. The Morgan fingerprint density at radius 3 is 2.76 bits per heavy atom. The van der Waals surface area contributed by atoms with Crippen LogP contribution in [0.25, 0.3) is 10.6 Å². The van der Waals surface area contributed by atoms with Gasteiger partial charge >= 0.3 is 0 Å². The summed E-state index contributed by atoms with van der Waals surface area (Å²) < 4.78 is 28.4. The van der Waals surface area contributed by atoms with Gasteiger partial charge in [-0.2, -0.15) is 0 Å². The number of hydrogen-bond donors (Lipinski definition) is 3. The van der Waals surface area contributed by atoms with E-state index in [2.05, 4.69) is 20.2 Å². The Balaban J connectivity index is 1.48. The average molecular weight is 471 g/mol. The molecule has 7 nitrogen and oxygen atoms in total. The second-order valence-electron chi connectivity index (χ2n) is 8.43. The smallest absolute Gasteiger partial charge is 0.277 e. The molecule has 1 fully saturated rings. The number of anilines is 3. The second-order valence-corrected chi connectivity index (χ2v) is 9.46. The number of benzene rings is 1. The van der Waals surface area contributed by atoms with Gasteiger partial charge in [-0.05, 0) is 49.8 Å².